The predicted molar refractivity (Wildman–Crippen MR) is 111 cm³/mol. The summed E-state index contributed by atoms with van der Waals surface area (Å²) in [5, 5.41) is 3.82. The van der Waals surface area contributed by atoms with Crippen LogP contribution < -0.4 is 16.0 Å². The number of pyridine rings is 1. The molecule has 28 heavy (non-hydrogen) atoms. The number of ether oxygens (including phenoxy) is 1. The van der Waals surface area contributed by atoms with E-state index < -0.39 is 0 Å². The third-order valence-corrected chi connectivity index (χ3v) is 6.55. The van der Waals surface area contributed by atoms with Gasteiger partial charge in [0.25, 0.3) is 0 Å². The Morgan fingerprint density at radius 3 is 2.79 bits per heavy atom. The van der Waals surface area contributed by atoms with Crippen LogP contribution in [-0.4, -0.2) is 42.7 Å². The van der Waals surface area contributed by atoms with Gasteiger partial charge in [0.2, 0.25) is 5.91 Å². The second kappa shape index (κ2) is 8.46. The topological polar surface area (TPSA) is 80.5 Å². The molecule has 0 radical (unpaired) electrons. The first kappa shape index (κ1) is 19.8. The van der Waals surface area contributed by atoms with Crippen molar-refractivity contribution >= 4 is 29.0 Å². The number of hydrogen-bond donors (Lipinski definition) is 2. The van der Waals surface area contributed by atoms with Crippen LogP contribution in [0, 0.1) is 17.8 Å². The Balaban J connectivity index is 1.44. The average molecular weight is 407 g/mol. The maximum absolute atomic E-state index is 12.2. The second-order valence-corrected chi connectivity index (χ2v) is 9.14. The van der Waals surface area contributed by atoms with Gasteiger partial charge in [0.05, 0.1) is 22.9 Å². The quantitative estimate of drug-likeness (QED) is 0.726. The molecule has 0 spiro atoms. The number of nitrogens with zero attached hydrogens (tertiary/aromatic N) is 2. The highest BCUT2D eigenvalue weighted by Gasteiger charge is 2.44. The second-order valence-electron chi connectivity index (χ2n) is 8.70. The first-order valence-corrected chi connectivity index (χ1v) is 11.0. The molecule has 3 fully saturated rings. The van der Waals surface area contributed by atoms with Crippen molar-refractivity contribution in [2.24, 2.45) is 17.8 Å². The first-order valence-electron chi connectivity index (χ1n) is 10.6. The van der Waals surface area contributed by atoms with Crippen molar-refractivity contribution in [1.82, 2.24) is 10.3 Å². The van der Waals surface area contributed by atoms with Crippen LogP contribution in [0.5, 0.6) is 0 Å². The SMILES string of the molecule is CCCC(=O)N[C@H]1C[C@H]2CN(c3ncc(Cl)cc3N)C[C@H]2C[C@@H]1OCC1CC1. The normalized spacial score (nSPS) is 29.6. The number of fused-ring (bicyclic) bond motifs is 1. The molecule has 7 heteroatoms. The molecule has 2 saturated carbocycles. The van der Waals surface area contributed by atoms with E-state index in [2.05, 4.69) is 15.2 Å². The summed E-state index contributed by atoms with van der Waals surface area (Å²) in [5.74, 6) is 2.75. The molecule has 1 aromatic heterocycles. The largest absolute Gasteiger partial charge is 0.396 e. The Kier molecular flexibility index (Phi) is 5.97. The number of nitrogens with two attached hydrogens (primary N) is 1. The fourth-order valence-electron chi connectivity index (χ4n) is 4.68. The smallest absolute Gasteiger partial charge is 0.220 e. The van der Waals surface area contributed by atoms with E-state index in [0.29, 0.717) is 29.0 Å². The van der Waals surface area contributed by atoms with Crippen LogP contribution in [0.2, 0.25) is 5.02 Å². The van der Waals surface area contributed by atoms with Gasteiger partial charge in [-0.1, -0.05) is 18.5 Å². The highest BCUT2D eigenvalue weighted by Crippen LogP contribution is 2.41. The van der Waals surface area contributed by atoms with Gasteiger partial charge in [-0.3, -0.25) is 4.79 Å². The van der Waals surface area contributed by atoms with Gasteiger partial charge < -0.3 is 20.7 Å². The molecule has 3 N–H and O–H groups in total. The van der Waals surface area contributed by atoms with Gasteiger partial charge in [-0.2, -0.15) is 0 Å². The lowest BCUT2D eigenvalue weighted by Gasteiger charge is -2.38. The fourth-order valence-corrected chi connectivity index (χ4v) is 4.85. The summed E-state index contributed by atoms with van der Waals surface area (Å²) in [7, 11) is 0. The van der Waals surface area contributed by atoms with E-state index in [1.54, 1.807) is 12.3 Å². The molecule has 6 nitrogen and oxygen atoms in total. The van der Waals surface area contributed by atoms with Gasteiger partial charge >= 0.3 is 0 Å². The zero-order valence-corrected chi connectivity index (χ0v) is 17.3. The molecular formula is C21H31ClN4O2. The number of nitrogens with one attached hydrogen (secondary N) is 1. The van der Waals surface area contributed by atoms with E-state index in [-0.39, 0.29) is 18.1 Å². The van der Waals surface area contributed by atoms with Crippen LogP contribution in [0.1, 0.15) is 45.4 Å². The summed E-state index contributed by atoms with van der Waals surface area (Å²) in [6.07, 6.45) is 7.72. The van der Waals surface area contributed by atoms with Crippen molar-refractivity contribution in [3.8, 4) is 0 Å². The lowest BCUT2D eigenvalue weighted by atomic mass is 9.77. The van der Waals surface area contributed by atoms with Gasteiger partial charge in [0.15, 0.2) is 5.82 Å². The molecule has 1 amide bonds. The van der Waals surface area contributed by atoms with Crippen molar-refractivity contribution in [2.45, 2.75) is 57.6 Å². The summed E-state index contributed by atoms with van der Waals surface area (Å²) in [4.78, 5) is 19.0. The Labute approximate surface area is 172 Å². The lowest BCUT2D eigenvalue weighted by molar-refractivity contribution is -0.124. The van der Waals surface area contributed by atoms with E-state index in [9.17, 15) is 4.79 Å². The molecule has 1 aliphatic heterocycles. The van der Waals surface area contributed by atoms with Crippen molar-refractivity contribution in [3.05, 3.63) is 17.3 Å². The van der Waals surface area contributed by atoms with Crippen molar-refractivity contribution in [3.63, 3.8) is 0 Å². The van der Waals surface area contributed by atoms with E-state index in [1.807, 2.05) is 6.92 Å². The first-order chi connectivity index (χ1) is 13.5. The van der Waals surface area contributed by atoms with Crippen LogP contribution in [0.3, 0.4) is 0 Å². The molecule has 0 bridgehead atoms. The Hall–Kier alpha value is -1.53. The molecule has 4 rings (SSSR count). The Morgan fingerprint density at radius 1 is 1.36 bits per heavy atom. The minimum absolute atomic E-state index is 0.106. The van der Waals surface area contributed by atoms with Crippen molar-refractivity contribution in [2.75, 3.05) is 30.3 Å². The zero-order valence-electron chi connectivity index (χ0n) is 16.6. The highest BCUT2D eigenvalue weighted by molar-refractivity contribution is 6.30. The molecule has 0 unspecified atom stereocenters. The number of rotatable bonds is 7. The third-order valence-electron chi connectivity index (χ3n) is 6.34. The van der Waals surface area contributed by atoms with Crippen LogP contribution >= 0.6 is 11.6 Å². The molecule has 0 aromatic carbocycles. The molecule has 1 aromatic rings. The summed E-state index contributed by atoms with van der Waals surface area (Å²) >= 11 is 6.01. The highest BCUT2D eigenvalue weighted by atomic mass is 35.5. The Morgan fingerprint density at radius 2 is 2.11 bits per heavy atom. The van der Waals surface area contributed by atoms with Gasteiger partial charge in [-0.25, -0.2) is 4.98 Å². The lowest BCUT2D eigenvalue weighted by Crippen LogP contribution is -2.50. The van der Waals surface area contributed by atoms with Gasteiger partial charge in [0, 0.05) is 32.3 Å². The maximum Gasteiger partial charge on any atom is 0.220 e. The third kappa shape index (κ3) is 4.54. The molecule has 1 saturated heterocycles. The van der Waals surface area contributed by atoms with Crippen LogP contribution in [0.4, 0.5) is 11.5 Å². The van der Waals surface area contributed by atoms with Crippen LogP contribution in [-0.2, 0) is 9.53 Å². The van der Waals surface area contributed by atoms with Gasteiger partial charge in [-0.05, 0) is 55.9 Å². The minimum Gasteiger partial charge on any atom is -0.396 e. The standard InChI is InChI=1S/C21H31ClN4O2/c1-2-3-20(27)25-18-6-14-10-26(21-17(23)8-16(22)9-24-21)11-15(14)7-19(18)28-12-13-4-5-13/h8-9,13-15,18-19H,2-7,10-12,23H2,1H3,(H,25,27)/t14-,15+,18-,19-/m0/s1. The number of anilines is 2. The average Bonchev–Trinajstić information content (AvgIpc) is 3.38. The number of halogens is 1. The van der Waals surface area contributed by atoms with Gasteiger partial charge in [-0.15, -0.1) is 0 Å². The van der Waals surface area contributed by atoms with E-state index in [1.165, 1.54) is 12.8 Å². The van der Waals surface area contributed by atoms with E-state index in [4.69, 9.17) is 22.1 Å². The number of nitrogen functional groups attached to an aromatic ring is 1. The molecular weight excluding hydrogens is 376 g/mol. The molecule has 3 aliphatic rings. The number of hydrogen-bond acceptors (Lipinski definition) is 5. The van der Waals surface area contributed by atoms with Crippen LogP contribution in [0.25, 0.3) is 0 Å². The molecule has 154 valence electrons. The van der Waals surface area contributed by atoms with Crippen LogP contribution in [0.15, 0.2) is 12.3 Å². The zero-order chi connectivity index (χ0) is 19.7. The van der Waals surface area contributed by atoms with Gasteiger partial charge in [0.1, 0.15) is 0 Å². The maximum atomic E-state index is 12.2. The summed E-state index contributed by atoms with van der Waals surface area (Å²) in [5.41, 5.74) is 6.79. The number of carbonyl (C=O) groups is 1. The van der Waals surface area contributed by atoms with Crippen molar-refractivity contribution in [1.29, 1.82) is 0 Å². The number of amides is 1. The Bertz CT molecular complexity index is 712. The van der Waals surface area contributed by atoms with E-state index in [0.717, 1.165) is 50.7 Å². The number of carbonyl (C=O) groups excluding carboxylic acids is 1. The summed E-state index contributed by atoms with van der Waals surface area (Å²) < 4.78 is 6.30. The summed E-state index contributed by atoms with van der Waals surface area (Å²) in [6, 6.07) is 1.87. The van der Waals surface area contributed by atoms with Crippen molar-refractivity contribution < 1.29 is 9.53 Å². The molecule has 2 aliphatic carbocycles. The monoisotopic (exact) mass is 406 g/mol. The van der Waals surface area contributed by atoms with E-state index >= 15 is 0 Å². The predicted octanol–water partition coefficient (Wildman–Crippen LogP) is 3.24. The molecule has 4 atom stereocenters. The minimum atomic E-state index is 0.106. The summed E-state index contributed by atoms with van der Waals surface area (Å²) in [6.45, 7) is 4.72. The number of aromatic nitrogens is 1. The molecule has 2 heterocycles. The fraction of sp³-hybridized carbons (Fsp3) is 0.714.